The lowest BCUT2D eigenvalue weighted by Crippen LogP contribution is -2.47. The molecule has 0 saturated carbocycles. The van der Waals surface area contributed by atoms with Gasteiger partial charge in [-0.25, -0.2) is 14.1 Å². The standard InChI is InChI=1S/C23H23FN6O2/c1-15-3-4-16(12-25)20(24)11-18(15)19-14-27-30(23(19)32)21-6-5-17(13-26-21)22(31)29-9-7-28(2)8-10-29/h4-6,11,13-14,27H,3,7-10H2,1-2H3. The number of amides is 1. The Morgan fingerprint density at radius 1 is 1.25 bits per heavy atom. The molecule has 0 atom stereocenters. The normalized spacial score (nSPS) is 17.5. The number of hydrogen-bond acceptors (Lipinski definition) is 5. The van der Waals surface area contributed by atoms with E-state index in [2.05, 4.69) is 15.0 Å². The first-order chi connectivity index (χ1) is 15.4. The molecule has 0 bridgehead atoms. The predicted octanol–water partition coefficient (Wildman–Crippen LogP) is 2.43. The van der Waals surface area contributed by atoms with Crippen LogP contribution in [0.1, 0.15) is 29.3 Å². The zero-order valence-corrected chi connectivity index (χ0v) is 17.9. The molecule has 0 radical (unpaired) electrons. The van der Waals surface area contributed by atoms with Gasteiger partial charge in [-0.15, -0.1) is 0 Å². The van der Waals surface area contributed by atoms with Crippen LogP contribution < -0.4 is 5.56 Å². The summed E-state index contributed by atoms with van der Waals surface area (Å²) in [6.45, 7) is 4.78. The highest BCUT2D eigenvalue weighted by Gasteiger charge is 2.21. The molecule has 0 spiro atoms. The number of halogens is 1. The number of nitrogens with zero attached hydrogens (tertiary/aromatic N) is 5. The molecule has 3 heterocycles. The molecule has 164 valence electrons. The number of carbonyl (C=O) groups excluding carboxylic acids is 1. The molecule has 2 aromatic heterocycles. The number of carbonyl (C=O) groups is 1. The van der Waals surface area contributed by atoms with Crippen LogP contribution in [0.5, 0.6) is 0 Å². The minimum Gasteiger partial charge on any atom is -0.336 e. The summed E-state index contributed by atoms with van der Waals surface area (Å²) in [5.74, 6) is -0.433. The van der Waals surface area contributed by atoms with Crippen molar-refractivity contribution in [3.05, 3.63) is 75.1 Å². The number of allylic oxidation sites excluding steroid dienone is 6. The molecule has 1 aliphatic heterocycles. The first-order valence-corrected chi connectivity index (χ1v) is 10.3. The molecule has 8 nitrogen and oxygen atoms in total. The van der Waals surface area contributed by atoms with Crippen molar-refractivity contribution in [1.29, 1.82) is 5.26 Å². The van der Waals surface area contributed by atoms with Gasteiger partial charge >= 0.3 is 0 Å². The minimum atomic E-state index is -0.670. The van der Waals surface area contributed by atoms with Crippen LogP contribution in [0.15, 0.2) is 58.4 Å². The van der Waals surface area contributed by atoms with Gasteiger partial charge in [-0.1, -0.05) is 11.6 Å². The maximum Gasteiger partial charge on any atom is 0.280 e. The van der Waals surface area contributed by atoms with Gasteiger partial charge in [0.05, 0.1) is 16.7 Å². The van der Waals surface area contributed by atoms with Gasteiger partial charge < -0.3 is 9.80 Å². The summed E-state index contributed by atoms with van der Waals surface area (Å²) >= 11 is 0. The Morgan fingerprint density at radius 3 is 2.66 bits per heavy atom. The third kappa shape index (κ3) is 4.05. The van der Waals surface area contributed by atoms with Crippen LogP contribution in [-0.2, 0) is 0 Å². The first kappa shape index (κ1) is 21.5. The van der Waals surface area contributed by atoms with Crippen molar-refractivity contribution >= 4 is 11.5 Å². The van der Waals surface area contributed by atoms with E-state index in [0.29, 0.717) is 36.5 Å². The number of piperazine rings is 1. The number of hydrogen-bond donors (Lipinski definition) is 1. The van der Waals surface area contributed by atoms with Crippen molar-refractivity contribution in [3.8, 4) is 11.9 Å². The van der Waals surface area contributed by atoms with Gasteiger partial charge in [-0.05, 0) is 44.2 Å². The van der Waals surface area contributed by atoms with Crippen LogP contribution in [0.4, 0.5) is 4.39 Å². The molecule has 2 aliphatic rings. The van der Waals surface area contributed by atoms with Gasteiger partial charge in [0.2, 0.25) is 0 Å². The fourth-order valence-corrected chi connectivity index (χ4v) is 3.77. The number of nitriles is 1. The minimum absolute atomic E-state index is 0.0440. The lowest BCUT2D eigenvalue weighted by atomic mass is 10.0. The highest BCUT2D eigenvalue weighted by molar-refractivity contribution is 5.94. The highest BCUT2D eigenvalue weighted by atomic mass is 19.1. The van der Waals surface area contributed by atoms with Crippen molar-refractivity contribution in [3.63, 3.8) is 0 Å². The van der Waals surface area contributed by atoms with Crippen LogP contribution in [0, 0.1) is 11.3 Å². The van der Waals surface area contributed by atoms with E-state index in [9.17, 15) is 14.0 Å². The fraction of sp³-hybridized carbons (Fsp3) is 0.304. The number of pyridine rings is 1. The molecule has 2 aromatic rings. The Kier molecular flexibility index (Phi) is 5.88. The molecule has 4 rings (SSSR count). The Morgan fingerprint density at radius 2 is 2.00 bits per heavy atom. The number of nitrogens with one attached hydrogen (secondary N) is 1. The number of rotatable bonds is 3. The summed E-state index contributed by atoms with van der Waals surface area (Å²) < 4.78 is 15.6. The molecule has 1 amide bonds. The molecule has 1 N–H and O–H groups in total. The van der Waals surface area contributed by atoms with E-state index < -0.39 is 11.4 Å². The molecular formula is C23H23FN6O2. The maximum atomic E-state index is 14.3. The van der Waals surface area contributed by atoms with Crippen molar-refractivity contribution < 1.29 is 9.18 Å². The number of aromatic nitrogens is 3. The first-order valence-electron chi connectivity index (χ1n) is 10.3. The monoisotopic (exact) mass is 434 g/mol. The van der Waals surface area contributed by atoms with Crippen LogP contribution in [0.2, 0.25) is 0 Å². The summed E-state index contributed by atoms with van der Waals surface area (Å²) in [6, 6.07) is 5.08. The second-order valence-electron chi connectivity index (χ2n) is 7.95. The lowest BCUT2D eigenvalue weighted by Gasteiger charge is -2.32. The zero-order valence-electron chi connectivity index (χ0n) is 17.9. The van der Waals surface area contributed by atoms with E-state index >= 15 is 0 Å². The average Bonchev–Trinajstić information content (AvgIpc) is 3.11. The second-order valence-corrected chi connectivity index (χ2v) is 7.95. The summed E-state index contributed by atoms with van der Waals surface area (Å²) in [5, 5.41) is 11.9. The van der Waals surface area contributed by atoms with Crippen LogP contribution >= 0.6 is 0 Å². The number of aromatic amines is 1. The van der Waals surface area contributed by atoms with Gasteiger partial charge in [0.1, 0.15) is 11.9 Å². The van der Waals surface area contributed by atoms with Gasteiger partial charge in [-0.2, -0.15) is 5.26 Å². The van der Waals surface area contributed by atoms with Gasteiger partial charge in [-0.3, -0.25) is 14.7 Å². The Balaban J connectivity index is 1.59. The fourth-order valence-electron chi connectivity index (χ4n) is 3.77. The maximum absolute atomic E-state index is 14.3. The van der Waals surface area contributed by atoms with Crippen molar-refractivity contribution in [2.24, 2.45) is 0 Å². The van der Waals surface area contributed by atoms with E-state index in [4.69, 9.17) is 5.26 Å². The summed E-state index contributed by atoms with van der Waals surface area (Å²) in [4.78, 5) is 34.0. The molecule has 1 fully saturated rings. The summed E-state index contributed by atoms with van der Waals surface area (Å²) in [5.41, 5.74) is 1.51. The third-order valence-corrected chi connectivity index (χ3v) is 5.80. The molecule has 9 heteroatoms. The second kappa shape index (κ2) is 8.77. The van der Waals surface area contributed by atoms with Gasteiger partial charge in [0.25, 0.3) is 11.5 Å². The third-order valence-electron chi connectivity index (χ3n) is 5.80. The number of likely N-dealkylation sites (N-methyl/N-ethyl adjacent to an activating group) is 1. The van der Waals surface area contributed by atoms with Crippen molar-refractivity contribution in [2.45, 2.75) is 13.3 Å². The molecule has 1 saturated heterocycles. The van der Waals surface area contributed by atoms with Crippen molar-refractivity contribution in [1.82, 2.24) is 24.6 Å². The van der Waals surface area contributed by atoms with E-state index in [1.54, 1.807) is 24.0 Å². The quantitative estimate of drug-likeness (QED) is 0.800. The molecule has 32 heavy (non-hydrogen) atoms. The van der Waals surface area contributed by atoms with Crippen LogP contribution in [0.25, 0.3) is 11.4 Å². The van der Waals surface area contributed by atoms with E-state index in [1.165, 1.54) is 29.2 Å². The van der Waals surface area contributed by atoms with E-state index in [0.717, 1.165) is 18.7 Å². The largest absolute Gasteiger partial charge is 0.336 e. The topological polar surface area (TPSA) is 98.0 Å². The summed E-state index contributed by atoms with van der Waals surface area (Å²) in [6.07, 6.45) is 6.05. The van der Waals surface area contributed by atoms with Crippen LogP contribution in [0.3, 0.4) is 0 Å². The van der Waals surface area contributed by atoms with E-state index in [-0.39, 0.29) is 17.0 Å². The lowest BCUT2D eigenvalue weighted by molar-refractivity contribution is 0.0663. The zero-order chi connectivity index (χ0) is 22.8. The predicted molar refractivity (Wildman–Crippen MR) is 118 cm³/mol. The van der Waals surface area contributed by atoms with Crippen LogP contribution in [-0.4, -0.2) is 63.7 Å². The Labute approximate surface area is 184 Å². The van der Waals surface area contributed by atoms with Crippen molar-refractivity contribution in [2.75, 3.05) is 33.2 Å². The molecule has 1 aliphatic carbocycles. The smallest absolute Gasteiger partial charge is 0.280 e. The molecular weight excluding hydrogens is 411 g/mol. The van der Waals surface area contributed by atoms with Gasteiger partial charge in [0, 0.05) is 38.6 Å². The Hall–Kier alpha value is -3.77. The number of H-pyrrole nitrogens is 1. The SMILES string of the molecule is CC1=C(c2c[nH]n(-c3ccc(C(=O)N4CCN(C)CC4)cn3)c2=O)C=C(F)C(C#N)=CC1. The summed E-state index contributed by atoms with van der Waals surface area (Å²) in [7, 11) is 2.02. The highest BCUT2D eigenvalue weighted by Crippen LogP contribution is 2.28. The molecule has 0 aromatic carbocycles. The average molecular weight is 434 g/mol. The van der Waals surface area contributed by atoms with E-state index in [1.807, 2.05) is 13.1 Å². The molecule has 0 unspecified atom stereocenters. The Bertz CT molecular complexity index is 1230. The van der Waals surface area contributed by atoms with Gasteiger partial charge in [0.15, 0.2) is 5.82 Å².